The van der Waals surface area contributed by atoms with Crippen molar-refractivity contribution in [3.8, 4) is 0 Å². The summed E-state index contributed by atoms with van der Waals surface area (Å²) in [6, 6.07) is 8.71. The molecule has 0 aliphatic carbocycles. The number of carbonyl (C=O) groups is 3. The van der Waals surface area contributed by atoms with Gasteiger partial charge in [-0.05, 0) is 31.5 Å². The standard InChI is InChI=1S/C19H24N4O4S/c1-12-9-16(22-27-12)21-18(25)13(2)28-11-17(24)23(4)10-14-5-7-15(8-6-14)19(26)20-3/h5-9,13H,10-11H2,1-4H3,(H,20,26)(H,21,22,25)/t13-/m1/s1. The summed E-state index contributed by atoms with van der Waals surface area (Å²) in [5.41, 5.74) is 1.48. The zero-order valence-corrected chi connectivity index (χ0v) is 17.1. The summed E-state index contributed by atoms with van der Waals surface area (Å²) < 4.78 is 4.90. The zero-order valence-electron chi connectivity index (χ0n) is 16.3. The van der Waals surface area contributed by atoms with Crippen LogP contribution < -0.4 is 10.6 Å². The summed E-state index contributed by atoms with van der Waals surface area (Å²) in [7, 11) is 3.28. The van der Waals surface area contributed by atoms with Crippen molar-refractivity contribution < 1.29 is 18.9 Å². The molecular weight excluding hydrogens is 380 g/mol. The predicted octanol–water partition coefficient (Wildman–Crippen LogP) is 2.06. The maximum Gasteiger partial charge on any atom is 0.251 e. The Bertz CT molecular complexity index is 835. The Hall–Kier alpha value is -2.81. The van der Waals surface area contributed by atoms with Gasteiger partial charge in [-0.2, -0.15) is 0 Å². The fourth-order valence-corrected chi connectivity index (χ4v) is 3.13. The van der Waals surface area contributed by atoms with Crippen molar-refractivity contribution in [2.45, 2.75) is 25.6 Å². The molecule has 150 valence electrons. The molecule has 1 atom stereocenters. The lowest BCUT2D eigenvalue weighted by Gasteiger charge is -2.18. The molecule has 0 aliphatic heterocycles. The van der Waals surface area contributed by atoms with Crippen molar-refractivity contribution in [3.05, 3.63) is 47.2 Å². The third-order valence-electron chi connectivity index (χ3n) is 3.99. The van der Waals surface area contributed by atoms with E-state index in [0.29, 0.717) is 23.7 Å². The SMILES string of the molecule is CNC(=O)c1ccc(CN(C)C(=O)CS[C@H](C)C(=O)Nc2cc(C)on2)cc1. The van der Waals surface area contributed by atoms with Crippen LogP contribution in [0, 0.1) is 6.92 Å². The monoisotopic (exact) mass is 404 g/mol. The summed E-state index contributed by atoms with van der Waals surface area (Å²) >= 11 is 1.25. The first-order valence-corrected chi connectivity index (χ1v) is 9.75. The van der Waals surface area contributed by atoms with Crippen LogP contribution in [-0.4, -0.2) is 52.9 Å². The topological polar surface area (TPSA) is 105 Å². The molecule has 2 rings (SSSR count). The van der Waals surface area contributed by atoms with E-state index >= 15 is 0 Å². The van der Waals surface area contributed by atoms with Gasteiger partial charge in [-0.25, -0.2) is 0 Å². The third-order valence-corrected chi connectivity index (χ3v) is 5.12. The van der Waals surface area contributed by atoms with Crippen LogP contribution in [0.3, 0.4) is 0 Å². The van der Waals surface area contributed by atoms with Crippen LogP contribution in [0.1, 0.15) is 28.6 Å². The average Bonchev–Trinajstić information content (AvgIpc) is 3.10. The molecule has 1 heterocycles. The van der Waals surface area contributed by atoms with Gasteiger partial charge in [0, 0.05) is 32.3 Å². The minimum absolute atomic E-state index is 0.0858. The van der Waals surface area contributed by atoms with E-state index < -0.39 is 5.25 Å². The maximum atomic E-state index is 12.3. The van der Waals surface area contributed by atoms with E-state index in [1.54, 1.807) is 51.0 Å². The lowest BCUT2D eigenvalue weighted by molar-refractivity contribution is -0.127. The Morgan fingerprint density at radius 2 is 1.93 bits per heavy atom. The van der Waals surface area contributed by atoms with Crippen LogP contribution >= 0.6 is 11.8 Å². The Balaban J connectivity index is 1.79. The van der Waals surface area contributed by atoms with Crippen LogP contribution in [0.4, 0.5) is 5.82 Å². The predicted molar refractivity (Wildman–Crippen MR) is 108 cm³/mol. The first kappa shape index (κ1) is 21.5. The van der Waals surface area contributed by atoms with E-state index in [2.05, 4.69) is 15.8 Å². The highest BCUT2D eigenvalue weighted by Crippen LogP contribution is 2.15. The molecule has 0 unspecified atom stereocenters. The molecule has 2 aromatic rings. The Morgan fingerprint density at radius 1 is 1.25 bits per heavy atom. The van der Waals surface area contributed by atoms with Gasteiger partial charge in [0.1, 0.15) is 5.76 Å². The van der Waals surface area contributed by atoms with Gasteiger partial charge in [0.15, 0.2) is 5.82 Å². The van der Waals surface area contributed by atoms with Crippen LogP contribution in [0.5, 0.6) is 0 Å². The van der Waals surface area contributed by atoms with E-state index in [1.807, 2.05) is 12.1 Å². The summed E-state index contributed by atoms with van der Waals surface area (Å²) in [4.78, 5) is 37.6. The Kier molecular flexibility index (Phi) is 7.62. The molecule has 0 bridgehead atoms. The minimum atomic E-state index is -0.416. The summed E-state index contributed by atoms with van der Waals surface area (Å²) in [5, 5.41) is 8.52. The highest BCUT2D eigenvalue weighted by molar-refractivity contribution is 8.01. The molecule has 9 heteroatoms. The van der Waals surface area contributed by atoms with Gasteiger partial charge in [0.25, 0.3) is 5.91 Å². The number of nitrogens with one attached hydrogen (secondary N) is 2. The Labute approximate surface area is 168 Å². The zero-order chi connectivity index (χ0) is 20.7. The van der Waals surface area contributed by atoms with Crippen LogP contribution in [-0.2, 0) is 16.1 Å². The maximum absolute atomic E-state index is 12.3. The number of carbonyl (C=O) groups excluding carboxylic acids is 3. The fraction of sp³-hybridized carbons (Fsp3) is 0.368. The number of nitrogens with zero attached hydrogens (tertiary/aromatic N) is 2. The van der Waals surface area contributed by atoms with Gasteiger partial charge >= 0.3 is 0 Å². The number of amides is 3. The second-order valence-corrected chi connectivity index (χ2v) is 7.62. The van der Waals surface area contributed by atoms with E-state index in [4.69, 9.17) is 4.52 Å². The van der Waals surface area contributed by atoms with Crippen LogP contribution in [0.15, 0.2) is 34.9 Å². The van der Waals surface area contributed by atoms with Gasteiger partial charge in [-0.1, -0.05) is 17.3 Å². The molecule has 8 nitrogen and oxygen atoms in total. The molecule has 3 amide bonds. The molecule has 2 N–H and O–H groups in total. The molecule has 28 heavy (non-hydrogen) atoms. The van der Waals surface area contributed by atoms with E-state index in [9.17, 15) is 14.4 Å². The molecule has 0 saturated carbocycles. The normalized spacial score (nSPS) is 11.6. The number of thioether (sulfide) groups is 1. The molecule has 0 aliphatic rings. The van der Waals surface area contributed by atoms with Crippen molar-refractivity contribution in [2.75, 3.05) is 25.2 Å². The molecule has 0 spiro atoms. The van der Waals surface area contributed by atoms with Gasteiger partial charge in [0.2, 0.25) is 11.8 Å². The summed E-state index contributed by atoms with van der Waals surface area (Å²) in [6.07, 6.45) is 0. The van der Waals surface area contributed by atoms with Gasteiger partial charge in [0.05, 0.1) is 11.0 Å². The first-order valence-electron chi connectivity index (χ1n) is 8.71. The van der Waals surface area contributed by atoms with Crippen LogP contribution in [0.25, 0.3) is 0 Å². The van der Waals surface area contributed by atoms with Crippen LogP contribution in [0.2, 0.25) is 0 Å². The number of rotatable bonds is 8. The van der Waals surface area contributed by atoms with Crippen molar-refractivity contribution in [2.24, 2.45) is 0 Å². The van der Waals surface area contributed by atoms with Gasteiger partial charge < -0.3 is 20.1 Å². The number of hydrogen-bond acceptors (Lipinski definition) is 6. The molecule has 1 aromatic heterocycles. The van der Waals surface area contributed by atoms with Gasteiger partial charge in [-0.3, -0.25) is 14.4 Å². The van der Waals surface area contributed by atoms with E-state index in [1.165, 1.54) is 11.8 Å². The van der Waals surface area contributed by atoms with E-state index in [-0.39, 0.29) is 23.5 Å². The highest BCUT2D eigenvalue weighted by atomic mass is 32.2. The summed E-state index contributed by atoms with van der Waals surface area (Å²) in [5.74, 6) is 0.671. The number of aryl methyl sites for hydroxylation is 1. The lowest BCUT2D eigenvalue weighted by atomic mass is 10.1. The highest BCUT2D eigenvalue weighted by Gasteiger charge is 2.18. The third kappa shape index (κ3) is 6.12. The average molecular weight is 404 g/mol. The molecule has 0 saturated heterocycles. The summed E-state index contributed by atoms with van der Waals surface area (Å²) in [6.45, 7) is 3.89. The van der Waals surface area contributed by atoms with E-state index in [0.717, 1.165) is 5.56 Å². The quantitative estimate of drug-likeness (QED) is 0.698. The Morgan fingerprint density at radius 3 is 2.50 bits per heavy atom. The molecule has 1 aromatic carbocycles. The number of hydrogen-bond donors (Lipinski definition) is 2. The number of anilines is 1. The van der Waals surface area contributed by atoms with Crippen molar-refractivity contribution >= 4 is 35.3 Å². The number of benzene rings is 1. The van der Waals surface area contributed by atoms with Gasteiger partial charge in [-0.15, -0.1) is 11.8 Å². The van der Waals surface area contributed by atoms with Crippen molar-refractivity contribution in [1.82, 2.24) is 15.4 Å². The number of aromatic nitrogens is 1. The lowest BCUT2D eigenvalue weighted by Crippen LogP contribution is -2.30. The second-order valence-electron chi connectivity index (χ2n) is 6.29. The van der Waals surface area contributed by atoms with Crippen molar-refractivity contribution in [1.29, 1.82) is 0 Å². The fourth-order valence-electron chi connectivity index (χ4n) is 2.30. The second kappa shape index (κ2) is 9.93. The largest absolute Gasteiger partial charge is 0.360 e. The van der Waals surface area contributed by atoms with Crippen molar-refractivity contribution in [3.63, 3.8) is 0 Å². The molecule has 0 radical (unpaired) electrons. The molecular formula is C19H24N4O4S. The molecule has 0 fully saturated rings. The minimum Gasteiger partial charge on any atom is -0.360 e. The first-order chi connectivity index (χ1) is 13.3. The smallest absolute Gasteiger partial charge is 0.251 e.